The topological polar surface area (TPSA) is 48.1 Å². The summed E-state index contributed by atoms with van der Waals surface area (Å²) in [5.74, 6) is 1.17. The predicted molar refractivity (Wildman–Crippen MR) is 76.9 cm³/mol. The van der Waals surface area contributed by atoms with E-state index in [1.165, 1.54) is 19.3 Å². The van der Waals surface area contributed by atoms with Crippen LogP contribution in [0.4, 0.5) is 0 Å². The molecule has 0 saturated heterocycles. The second kappa shape index (κ2) is 5.65. The molecule has 1 saturated carbocycles. The van der Waals surface area contributed by atoms with E-state index in [2.05, 4.69) is 11.9 Å². The van der Waals surface area contributed by atoms with Crippen LogP contribution in [0.2, 0.25) is 0 Å². The first-order valence-corrected chi connectivity index (χ1v) is 6.93. The molecule has 1 aromatic heterocycles. The van der Waals surface area contributed by atoms with Crippen LogP contribution in [-0.2, 0) is 0 Å². The molecule has 0 amide bonds. The van der Waals surface area contributed by atoms with Gasteiger partial charge in [0.15, 0.2) is 0 Å². The van der Waals surface area contributed by atoms with E-state index < -0.39 is 0 Å². The molecule has 1 aromatic rings. The molecule has 3 nitrogen and oxygen atoms in total. The van der Waals surface area contributed by atoms with Gasteiger partial charge >= 0.3 is 0 Å². The van der Waals surface area contributed by atoms with E-state index in [4.69, 9.17) is 22.7 Å². The Bertz CT molecular complexity index is 447. The lowest BCUT2D eigenvalue weighted by atomic mass is 9.88. The summed E-state index contributed by atoms with van der Waals surface area (Å²) in [6.45, 7) is 4.18. The van der Waals surface area contributed by atoms with Gasteiger partial charge in [0.2, 0.25) is 5.88 Å². The molecule has 18 heavy (non-hydrogen) atoms. The Morgan fingerprint density at radius 1 is 1.39 bits per heavy atom. The zero-order chi connectivity index (χ0) is 13.1. The first-order valence-electron chi connectivity index (χ1n) is 6.52. The number of thiocarbonyl (C=S) groups is 1. The van der Waals surface area contributed by atoms with E-state index in [9.17, 15) is 0 Å². The maximum atomic E-state index is 6.06. The number of nitrogens with two attached hydrogens (primary N) is 1. The molecule has 1 heterocycles. The highest BCUT2D eigenvalue weighted by molar-refractivity contribution is 7.80. The van der Waals surface area contributed by atoms with Gasteiger partial charge in [0.1, 0.15) is 11.1 Å². The molecule has 0 radical (unpaired) electrons. The molecular formula is C14H20N2OS. The smallest absolute Gasteiger partial charge is 0.224 e. The molecule has 0 bridgehead atoms. The van der Waals surface area contributed by atoms with Gasteiger partial charge < -0.3 is 10.5 Å². The van der Waals surface area contributed by atoms with Crippen LogP contribution < -0.4 is 10.5 Å². The van der Waals surface area contributed by atoms with E-state index in [1.54, 1.807) is 0 Å². The lowest BCUT2D eigenvalue weighted by Crippen LogP contribution is -2.29. The Hall–Kier alpha value is -1.16. The lowest BCUT2D eigenvalue weighted by Gasteiger charge is -2.29. The molecule has 4 heteroatoms. The molecule has 0 aromatic carbocycles. The van der Waals surface area contributed by atoms with Gasteiger partial charge in [-0.3, -0.25) is 0 Å². The van der Waals surface area contributed by atoms with Gasteiger partial charge in [0, 0.05) is 5.69 Å². The number of hydrogen-bond donors (Lipinski definition) is 1. The van der Waals surface area contributed by atoms with Crippen molar-refractivity contribution in [2.45, 2.75) is 45.6 Å². The fraction of sp³-hybridized carbons (Fsp3) is 0.571. The molecule has 1 fully saturated rings. The quantitative estimate of drug-likeness (QED) is 0.853. The van der Waals surface area contributed by atoms with Gasteiger partial charge in [-0.2, -0.15) is 0 Å². The van der Waals surface area contributed by atoms with Crippen LogP contribution in [0.15, 0.2) is 12.1 Å². The standard InChI is InChI=1S/C14H20N2OS/c1-9-5-3-4-6-12(9)17-14-11(13(15)18)8-7-10(2)16-14/h7-9,12H,3-6H2,1-2H3,(H2,15,18). The number of hydrogen-bond acceptors (Lipinski definition) is 3. The van der Waals surface area contributed by atoms with Crippen LogP contribution in [0.1, 0.15) is 43.9 Å². The van der Waals surface area contributed by atoms with Gasteiger partial charge in [0.05, 0.1) is 5.56 Å². The van der Waals surface area contributed by atoms with E-state index in [-0.39, 0.29) is 6.10 Å². The normalized spacial score (nSPS) is 23.7. The molecule has 0 aliphatic heterocycles. The van der Waals surface area contributed by atoms with Crippen molar-refractivity contribution in [1.29, 1.82) is 0 Å². The molecule has 2 N–H and O–H groups in total. The van der Waals surface area contributed by atoms with Crippen molar-refractivity contribution in [3.05, 3.63) is 23.4 Å². The third-order valence-corrected chi connectivity index (χ3v) is 3.78. The minimum Gasteiger partial charge on any atom is -0.474 e. The fourth-order valence-corrected chi connectivity index (χ4v) is 2.57. The zero-order valence-electron chi connectivity index (χ0n) is 11.0. The average molecular weight is 264 g/mol. The van der Waals surface area contributed by atoms with E-state index >= 15 is 0 Å². The van der Waals surface area contributed by atoms with Crippen LogP contribution in [-0.4, -0.2) is 16.1 Å². The van der Waals surface area contributed by atoms with Gasteiger partial charge in [-0.1, -0.05) is 25.6 Å². The zero-order valence-corrected chi connectivity index (χ0v) is 11.8. The summed E-state index contributed by atoms with van der Waals surface area (Å²) in [7, 11) is 0. The molecule has 2 unspecified atom stereocenters. The van der Waals surface area contributed by atoms with Gasteiger partial charge in [-0.05, 0) is 44.2 Å². The fourth-order valence-electron chi connectivity index (χ4n) is 2.41. The minimum absolute atomic E-state index is 0.237. The average Bonchev–Trinajstić information content (AvgIpc) is 2.32. The highest BCUT2D eigenvalue weighted by Crippen LogP contribution is 2.28. The van der Waals surface area contributed by atoms with Crippen molar-refractivity contribution in [2.24, 2.45) is 11.7 Å². The van der Waals surface area contributed by atoms with Crippen LogP contribution in [0.5, 0.6) is 5.88 Å². The molecular weight excluding hydrogens is 244 g/mol. The first-order chi connectivity index (χ1) is 8.58. The minimum atomic E-state index is 0.237. The Morgan fingerprint density at radius 3 is 2.78 bits per heavy atom. The highest BCUT2D eigenvalue weighted by Gasteiger charge is 2.24. The van der Waals surface area contributed by atoms with Crippen LogP contribution in [0.3, 0.4) is 0 Å². The van der Waals surface area contributed by atoms with Crippen LogP contribution in [0.25, 0.3) is 0 Å². The van der Waals surface area contributed by atoms with E-state index in [0.29, 0.717) is 16.8 Å². The van der Waals surface area contributed by atoms with Gasteiger partial charge in [-0.15, -0.1) is 0 Å². The van der Waals surface area contributed by atoms with Crippen LogP contribution >= 0.6 is 12.2 Å². The van der Waals surface area contributed by atoms with Crippen molar-refractivity contribution < 1.29 is 4.74 Å². The van der Waals surface area contributed by atoms with Crippen molar-refractivity contribution in [3.8, 4) is 5.88 Å². The molecule has 98 valence electrons. The summed E-state index contributed by atoms with van der Waals surface area (Å²) in [6, 6.07) is 3.80. The number of pyridine rings is 1. The van der Waals surface area contributed by atoms with Gasteiger partial charge in [0.25, 0.3) is 0 Å². The van der Waals surface area contributed by atoms with E-state index in [0.717, 1.165) is 17.7 Å². The number of aryl methyl sites for hydroxylation is 1. The van der Waals surface area contributed by atoms with Crippen molar-refractivity contribution in [1.82, 2.24) is 4.98 Å². The highest BCUT2D eigenvalue weighted by atomic mass is 32.1. The van der Waals surface area contributed by atoms with Crippen LogP contribution in [0, 0.1) is 12.8 Å². The van der Waals surface area contributed by atoms with Crippen molar-refractivity contribution in [3.63, 3.8) is 0 Å². The number of aromatic nitrogens is 1. The Kier molecular flexibility index (Phi) is 4.17. The molecule has 2 rings (SSSR count). The summed E-state index contributed by atoms with van der Waals surface area (Å²) in [6.07, 6.45) is 5.07. The Labute approximate surface area is 114 Å². The summed E-state index contributed by atoms with van der Waals surface area (Å²) >= 11 is 5.05. The molecule has 1 aliphatic carbocycles. The Balaban J connectivity index is 2.21. The second-order valence-corrected chi connectivity index (χ2v) is 5.53. The maximum absolute atomic E-state index is 6.06. The lowest BCUT2D eigenvalue weighted by molar-refractivity contribution is 0.0972. The third kappa shape index (κ3) is 2.99. The third-order valence-electron chi connectivity index (χ3n) is 3.56. The summed E-state index contributed by atoms with van der Waals surface area (Å²) in [5, 5.41) is 0. The summed E-state index contributed by atoms with van der Waals surface area (Å²) in [4.78, 5) is 4.78. The van der Waals surface area contributed by atoms with E-state index in [1.807, 2.05) is 19.1 Å². The Morgan fingerprint density at radius 2 is 2.11 bits per heavy atom. The van der Waals surface area contributed by atoms with Gasteiger partial charge in [-0.25, -0.2) is 4.98 Å². The number of ether oxygens (including phenoxy) is 1. The first kappa shape index (κ1) is 13.3. The van der Waals surface area contributed by atoms with Crippen molar-refractivity contribution >= 4 is 17.2 Å². The second-order valence-electron chi connectivity index (χ2n) is 5.09. The predicted octanol–water partition coefficient (Wildman–Crippen LogP) is 2.98. The molecule has 1 aliphatic rings. The molecule has 0 spiro atoms. The number of rotatable bonds is 3. The summed E-state index contributed by atoms with van der Waals surface area (Å²) < 4.78 is 6.06. The molecule has 2 atom stereocenters. The van der Waals surface area contributed by atoms with Crippen molar-refractivity contribution in [2.75, 3.05) is 0 Å². The number of nitrogens with zero attached hydrogens (tertiary/aromatic N) is 1. The monoisotopic (exact) mass is 264 g/mol. The SMILES string of the molecule is Cc1ccc(C(N)=S)c(OC2CCCCC2C)n1. The summed E-state index contributed by atoms with van der Waals surface area (Å²) in [5.41, 5.74) is 7.38. The maximum Gasteiger partial charge on any atom is 0.224 e. The largest absolute Gasteiger partial charge is 0.474 e.